The number of nitrogens with one attached hydrogen (secondary N) is 4. The zero-order valence-corrected chi connectivity index (χ0v) is 33.3. The van der Waals surface area contributed by atoms with Crippen LogP contribution >= 0.6 is 0 Å². The quantitative estimate of drug-likeness (QED) is 0.111. The van der Waals surface area contributed by atoms with Crippen molar-refractivity contribution < 1.29 is 23.9 Å². The summed E-state index contributed by atoms with van der Waals surface area (Å²) in [6.07, 6.45) is 10.6. The largest absolute Gasteiger partial charge is 0.457 e. The van der Waals surface area contributed by atoms with E-state index < -0.39 is 12.1 Å². The third-order valence-electron chi connectivity index (χ3n) is 11.8. The molecule has 2 aromatic heterocycles. The van der Waals surface area contributed by atoms with E-state index in [0.29, 0.717) is 24.6 Å². The van der Waals surface area contributed by atoms with E-state index in [4.69, 9.17) is 14.7 Å². The number of imidazole rings is 2. The molecule has 0 bridgehead atoms. The molecule has 4 atom stereocenters. The summed E-state index contributed by atoms with van der Waals surface area (Å²) in [4.78, 5) is 72.5. The number of aromatic amines is 2. The zero-order valence-electron chi connectivity index (χ0n) is 33.3. The first-order valence-corrected chi connectivity index (χ1v) is 20.7. The van der Waals surface area contributed by atoms with Gasteiger partial charge in [-0.1, -0.05) is 27.7 Å². The summed E-state index contributed by atoms with van der Waals surface area (Å²) >= 11 is 0. The molecule has 2 aliphatic heterocycles. The van der Waals surface area contributed by atoms with Crippen molar-refractivity contribution in [2.24, 2.45) is 23.7 Å². The number of likely N-dealkylation sites (tertiary alicyclic amines) is 2. The van der Waals surface area contributed by atoms with Gasteiger partial charge in [0.1, 0.15) is 35.2 Å². The van der Waals surface area contributed by atoms with E-state index in [0.717, 1.165) is 85.5 Å². The molecule has 13 heteroatoms. The Bertz CT molecular complexity index is 1930. The summed E-state index contributed by atoms with van der Waals surface area (Å²) in [5.74, 6) is 2.84. The van der Waals surface area contributed by atoms with Crippen LogP contribution in [0.3, 0.4) is 0 Å². The van der Waals surface area contributed by atoms with E-state index in [2.05, 4.69) is 20.6 Å². The first-order valence-electron chi connectivity index (χ1n) is 20.7. The van der Waals surface area contributed by atoms with Crippen molar-refractivity contribution in [3.8, 4) is 34.0 Å². The van der Waals surface area contributed by atoms with Gasteiger partial charge in [-0.25, -0.2) is 9.97 Å². The fourth-order valence-electron chi connectivity index (χ4n) is 8.09. The van der Waals surface area contributed by atoms with Crippen molar-refractivity contribution in [3.05, 3.63) is 72.6 Å². The third-order valence-corrected chi connectivity index (χ3v) is 11.8. The lowest BCUT2D eigenvalue weighted by molar-refractivity contribution is -0.139. The van der Waals surface area contributed by atoms with E-state index >= 15 is 0 Å². The van der Waals surface area contributed by atoms with Gasteiger partial charge in [-0.05, 0) is 123 Å². The number of ether oxygens (including phenoxy) is 1. The fraction of sp³-hybridized carbons (Fsp3) is 0.500. The molecule has 2 saturated carbocycles. The first kappa shape index (κ1) is 38.4. The van der Waals surface area contributed by atoms with Crippen molar-refractivity contribution in [1.82, 2.24) is 40.4 Å². The maximum atomic E-state index is 13.7. The maximum Gasteiger partial charge on any atom is 0.246 e. The predicted molar refractivity (Wildman–Crippen MR) is 214 cm³/mol. The second kappa shape index (κ2) is 16.2. The fourth-order valence-corrected chi connectivity index (χ4v) is 8.09. The van der Waals surface area contributed by atoms with Gasteiger partial charge < -0.3 is 35.1 Å². The standard InChI is InChI=1S/C44H54N8O5/c1-25(2)37(49-41(53)29-9-10-29)43(55)51-21-5-7-35(51)39-45-23-33(47-39)27-13-17-31(18-14-27)57-32-19-15-28(16-20-32)34-24-46-40(48-34)36-8-6-22-52(36)44(56)38(26(3)4)50-42(54)30-11-12-30/h13-20,23-26,29-30,35-38H,5-12,21-22H2,1-4H3,(H,45,47)(H,46,48)(H,49,53)(H,50,54)/t35-,36-,37+,38+/m0/s1. The summed E-state index contributed by atoms with van der Waals surface area (Å²) in [5.41, 5.74) is 3.60. The Morgan fingerprint density at radius 2 is 1.00 bits per heavy atom. The summed E-state index contributed by atoms with van der Waals surface area (Å²) < 4.78 is 6.19. The van der Waals surface area contributed by atoms with E-state index in [1.807, 2.05) is 86.0 Å². The second-order valence-electron chi connectivity index (χ2n) is 16.9. The van der Waals surface area contributed by atoms with Gasteiger partial charge in [-0.3, -0.25) is 19.2 Å². The van der Waals surface area contributed by atoms with Crippen LogP contribution in [0.1, 0.15) is 103 Å². The van der Waals surface area contributed by atoms with Crippen LogP contribution in [0.2, 0.25) is 0 Å². The molecular weight excluding hydrogens is 721 g/mol. The average molecular weight is 775 g/mol. The van der Waals surface area contributed by atoms with Crippen molar-refractivity contribution >= 4 is 23.6 Å². The smallest absolute Gasteiger partial charge is 0.246 e. The normalized spacial score (nSPS) is 20.5. The minimum atomic E-state index is -0.543. The van der Waals surface area contributed by atoms with Crippen LogP contribution in [0, 0.1) is 23.7 Å². The number of carbonyl (C=O) groups excluding carboxylic acids is 4. The first-order chi connectivity index (χ1) is 27.5. The summed E-state index contributed by atoms with van der Waals surface area (Å²) in [7, 11) is 0. The van der Waals surface area contributed by atoms with Crippen LogP contribution in [-0.4, -0.2) is 78.5 Å². The van der Waals surface area contributed by atoms with Gasteiger partial charge in [-0.15, -0.1) is 0 Å². The van der Waals surface area contributed by atoms with Gasteiger partial charge in [0.05, 0.1) is 35.9 Å². The Hall–Kier alpha value is -5.46. The van der Waals surface area contributed by atoms with Gasteiger partial charge >= 0.3 is 0 Å². The van der Waals surface area contributed by atoms with Gasteiger partial charge in [0.2, 0.25) is 23.6 Å². The van der Waals surface area contributed by atoms with E-state index in [-0.39, 0.29) is 59.4 Å². The Balaban J connectivity index is 0.875. The number of nitrogens with zero attached hydrogens (tertiary/aromatic N) is 4. The summed E-state index contributed by atoms with van der Waals surface area (Å²) in [6.45, 7) is 9.19. The highest BCUT2D eigenvalue weighted by molar-refractivity contribution is 5.90. The molecule has 0 unspecified atom stereocenters. The van der Waals surface area contributed by atoms with Gasteiger partial charge in [0.25, 0.3) is 0 Å². The predicted octanol–water partition coefficient (Wildman–Crippen LogP) is 6.69. The Kier molecular flexibility index (Phi) is 10.9. The number of hydrogen-bond acceptors (Lipinski definition) is 7. The van der Waals surface area contributed by atoms with E-state index in [9.17, 15) is 19.2 Å². The topological polar surface area (TPSA) is 165 Å². The minimum Gasteiger partial charge on any atom is -0.457 e. The summed E-state index contributed by atoms with van der Waals surface area (Å²) in [6, 6.07) is 14.2. The van der Waals surface area contributed by atoms with E-state index in [1.54, 1.807) is 12.4 Å². The molecule has 13 nitrogen and oxygen atoms in total. The maximum absolute atomic E-state index is 13.7. The van der Waals surface area contributed by atoms with E-state index in [1.165, 1.54) is 0 Å². The highest BCUT2D eigenvalue weighted by Gasteiger charge is 2.41. The molecule has 4 N–H and O–H groups in total. The summed E-state index contributed by atoms with van der Waals surface area (Å²) in [5, 5.41) is 6.04. The number of H-pyrrole nitrogens is 2. The highest BCUT2D eigenvalue weighted by Crippen LogP contribution is 2.36. The molecule has 0 radical (unpaired) electrons. The lowest BCUT2D eigenvalue weighted by atomic mass is 10.0. The molecule has 0 spiro atoms. The average Bonchev–Trinajstić information content (AvgIpc) is 3.96. The van der Waals surface area contributed by atoms with Crippen molar-refractivity contribution in [2.75, 3.05) is 13.1 Å². The Labute approximate surface area is 333 Å². The van der Waals surface area contributed by atoms with Crippen LogP contribution in [0.25, 0.3) is 22.5 Å². The third kappa shape index (κ3) is 8.47. The highest BCUT2D eigenvalue weighted by atomic mass is 16.5. The van der Waals surface area contributed by atoms with Crippen LogP contribution in [0.4, 0.5) is 0 Å². The van der Waals surface area contributed by atoms with Crippen LogP contribution in [-0.2, 0) is 19.2 Å². The molecular formula is C44H54N8O5. The van der Waals surface area contributed by atoms with Crippen molar-refractivity contribution in [3.63, 3.8) is 0 Å². The number of rotatable bonds is 14. The molecule has 57 heavy (non-hydrogen) atoms. The molecule has 4 fully saturated rings. The molecule has 300 valence electrons. The SMILES string of the molecule is CC(C)[C@@H](NC(=O)C1CC1)C(=O)N1CCC[C@H]1c1ncc(-c2ccc(Oc3ccc(-c4cnc([C@@H]5CCCN5C(=O)[C@H](NC(=O)C5CC5)C(C)C)[nH]4)cc3)cc2)[nH]1. The molecule has 4 aliphatic rings. The zero-order chi connectivity index (χ0) is 39.8. The van der Waals surface area contributed by atoms with Gasteiger partial charge in [0, 0.05) is 24.9 Å². The van der Waals surface area contributed by atoms with Crippen molar-refractivity contribution in [1.29, 1.82) is 0 Å². The Morgan fingerprint density at radius 1 is 0.614 bits per heavy atom. The molecule has 4 aromatic rings. The van der Waals surface area contributed by atoms with Crippen LogP contribution < -0.4 is 15.4 Å². The molecule has 4 amide bonds. The second-order valence-corrected chi connectivity index (χ2v) is 16.9. The van der Waals surface area contributed by atoms with Crippen LogP contribution in [0.5, 0.6) is 11.5 Å². The number of aromatic nitrogens is 4. The van der Waals surface area contributed by atoms with Crippen LogP contribution in [0.15, 0.2) is 60.9 Å². The molecule has 2 aromatic carbocycles. The number of carbonyl (C=O) groups is 4. The van der Waals surface area contributed by atoms with Gasteiger partial charge in [0.15, 0.2) is 0 Å². The lowest BCUT2D eigenvalue weighted by Crippen LogP contribution is -2.51. The number of hydrogen-bond donors (Lipinski definition) is 4. The minimum absolute atomic E-state index is 0.0119. The molecule has 2 aliphatic carbocycles. The van der Waals surface area contributed by atoms with Gasteiger partial charge in [-0.2, -0.15) is 0 Å². The molecule has 2 saturated heterocycles. The monoisotopic (exact) mass is 774 g/mol. The Morgan fingerprint density at radius 3 is 1.35 bits per heavy atom. The number of benzene rings is 2. The number of amides is 4. The van der Waals surface area contributed by atoms with Crippen molar-refractivity contribution in [2.45, 2.75) is 103 Å². The molecule has 8 rings (SSSR count). The lowest BCUT2D eigenvalue weighted by Gasteiger charge is -2.30. The molecule has 4 heterocycles.